The molecule has 14 heteroatoms. The predicted octanol–water partition coefficient (Wildman–Crippen LogP) is 0.327. The minimum atomic E-state index is -4.64. The molecule has 0 aliphatic carbocycles. The molecule has 1 atom stereocenters. The standard InChI is InChI=1S/C21H27N3O5S.H3O4P/c1-30(27,28)22-18-9-7-17(8-10-18)21(26)24-13-11-23(12-14-24)15-19(25)16-29-20-5-3-2-4-6-20;1-5(2,3)4/h2-10,19,22,25H,11-16H2,1H3;(H3,1,2,3,4). The number of rotatable bonds is 8. The lowest BCUT2D eigenvalue weighted by molar-refractivity contribution is 0.0403. The number of nitrogens with zero attached hydrogens (tertiary/aromatic N) is 2. The number of nitrogens with one attached hydrogen (secondary N) is 1. The molecule has 0 aromatic heterocycles. The molecule has 2 aromatic rings. The Morgan fingerprint density at radius 1 is 1.03 bits per heavy atom. The van der Waals surface area contributed by atoms with Crippen LogP contribution < -0.4 is 9.46 Å². The second-order valence-corrected chi connectivity index (χ2v) is 10.6. The summed E-state index contributed by atoms with van der Waals surface area (Å²) in [7, 11) is -7.99. The minimum absolute atomic E-state index is 0.0893. The Kier molecular flexibility index (Phi) is 10.7. The molecule has 12 nitrogen and oxygen atoms in total. The van der Waals surface area contributed by atoms with Crippen molar-refractivity contribution < 1.29 is 42.3 Å². The van der Waals surface area contributed by atoms with Gasteiger partial charge in [-0.15, -0.1) is 0 Å². The fourth-order valence-electron chi connectivity index (χ4n) is 3.27. The maximum absolute atomic E-state index is 12.7. The molecule has 194 valence electrons. The molecule has 1 unspecified atom stereocenters. The van der Waals surface area contributed by atoms with Crippen LogP contribution in [-0.2, 0) is 14.6 Å². The second-order valence-electron chi connectivity index (χ2n) is 7.84. The molecule has 2 aromatic carbocycles. The molecular formula is C21H30N3O9PS. The smallest absolute Gasteiger partial charge is 0.466 e. The molecule has 0 spiro atoms. The number of carbonyl (C=O) groups excluding carboxylic acids is 1. The van der Waals surface area contributed by atoms with E-state index in [1.807, 2.05) is 30.3 Å². The first-order valence-electron chi connectivity index (χ1n) is 10.5. The zero-order valence-electron chi connectivity index (χ0n) is 19.1. The molecule has 0 saturated carbocycles. The monoisotopic (exact) mass is 531 g/mol. The largest absolute Gasteiger partial charge is 0.491 e. The summed E-state index contributed by atoms with van der Waals surface area (Å²) >= 11 is 0. The van der Waals surface area contributed by atoms with Crippen molar-refractivity contribution in [3.63, 3.8) is 0 Å². The van der Waals surface area contributed by atoms with Crippen molar-refractivity contribution in [3.05, 3.63) is 60.2 Å². The Bertz CT molecular complexity index is 1080. The van der Waals surface area contributed by atoms with E-state index in [0.29, 0.717) is 44.0 Å². The Morgan fingerprint density at radius 3 is 2.09 bits per heavy atom. The first-order chi connectivity index (χ1) is 16.3. The van der Waals surface area contributed by atoms with Crippen LogP contribution in [0.2, 0.25) is 0 Å². The van der Waals surface area contributed by atoms with Gasteiger partial charge >= 0.3 is 7.82 Å². The summed E-state index contributed by atoms with van der Waals surface area (Å²) in [6, 6.07) is 15.8. The zero-order chi connectivity index (χ0) is 26.1. The van der Waals surface area contributed by atoms with E-state index in [0.717, 1.165) is 12.0 Å². The number of carbonyl (C=O) groups is 1. The number of hydrogen-bond acceptors (Lipinski definition) is 7. The van der Waals surface area contributed by atoms with E-state index in [9.17, 15) is 18.3 Å². The van der Waals surface area contributed by atoms with E-state index in [1.54, 1.807) is 29.2 Å². The van der Waals surface area contributed by atoms with Gasteiger partial charge in [-0.1, -0.05) is 18.2 Å². The van der Waals surface area contributed by atoms with E-state index in [1.165, 1.54) is 0 Å². The number of sulfonamides is 1. The number of aliphatic hydroxyl groups excluding tert-OH is 1. The number of aliphatic hydroxyl groups is 1. The van der Waals surface area contributed by atoms with Gasteiger partial charge in [0.1, 0.15) is 18.5 Å². The lowest BCUT2D eigenvalue weighted by atomic mass is 10.1. The number of ether oxygens (including phenoxy) is 1. The number of para-hydroxylation sites is 1. The molecule has 35 heavy (non-hydrogen) atoms. The predicted molar refractivity (Wildman–Crippen MR) is 129 cm³/mol. The molecule has 1 saturated heterocycles. The fraction of sp³-hybridized carbons (Fsp3) is 0.381. The van der Waals surface area contributed by atoms with Crippen molar-refractivity contribution in [2.45, 2.75) is 6.10 Å². The van der Waals surface area contributed by atoms with Crippen molar-refractivity contribution in [1.82, 2.24) is 9.80 Å². The quantitative estimate of drug-likeness (QED) is 0.298. The van der Waals surface area contributed by atoms with E-state index < -0.39 is 23.9 Å². The maximum atomic E-state index is 12.7. The van der Waals surface area contributed by atoms with Crippen LogP contribution in [-0.4, -0.2) is 95.6 Å². The van der Waals surface area contributed by atoms with Crippen LogP contribution in [0.3, 0.4) is 0 Å². The van der Waals surface area contributed by atoms with E-state index in [4.69, 9.17) is 24.0 Å². The SMILES string of the molecule is CS(=O)(=O)Nc1ccc(C(=O)N2CCN(CC(O)COc3ccccc3)CC2)cc1.O=P(O)(O)O. The number of phosphoric acid groups is 1. The highest BCUT2D eigenvalue weighted by Gasteiger charge is 2.23. The van der Waals surface area contributed by atoms with Crippen LogP contribution in [0.1, 0.15) is 10.4 Å². The Labute approximate surface area is 204 Å². The first kappa shape index (κ1) is 28.7. The Morgan fingerprint density at radius 2 is 1.57 bits per heavy atom. The number of hydrogen-bond donors (Lipinski definition) is 5. The highest BCUT2D eigenvalue weighted by atomic mass is 32.2. The average Bonchev–Trinajstić information content (AvgIpc) is 2.77. The number of piperazine rings is 1. The average molecular weight is 532 g/mol. The molecule has 1 amide bonds. The minimum Gasteiger partial charge on any atom is -0.491 e. The number of β-amino-alcohol motifs (C(OH)–C–C–N with tert-alkyl or cyclic N) is 1. The molecule has 3 rings (SSSR count). The van der Waals surface area contributed by atoms with E-state index in [-0.39, 0.29) is 12.5 Å². The molecule has 0 radical (unpaired) electrons. The van der Waals surface area contributed by atoms with Gasteiger partial charge in [0.25, 0.3) is 5.91 Å². The van der Waals surface area contributed by atoms with Gasteiger partial charge in [-0.2, -0.15) is 0 Å². The maximum Gasteiger partial charge on any atom is 0.466 e. The van der Waals surface area contributed by atoms with E-state index in [2.05, 4.69) is 9.62 Å². The van der Waals surface area contributed by atoms with Gasteiger partial charge < -0.3 is 29.4 Å². The summed E-state index contributed by atoms with van der Waals surface area (Å²) in [5.74, 6) is 0.637. The van der Waals surface area contributed by atoms with Crippen LogP contribution >= 0.6 is 7.82 Å². The third kappa shape index (κ3) is 12.1. The Hall–Kier alpha value is -2.51. The number of benzene rings is 2. The zero-order valence-corrected chi connectivity index (χ0v) is 20.8. The van der Waals surface area contributed by atoms with Crippen molar-refractivity contribution in [3.8, 4) is 5.75 Å². The van der Waals surface area contributed by atoms with Crippen LogP contribution in [0, 0.1) is 0 Å². The van der Waals surface area contributed by atoms with E-state index >= 15 is 0 Å². The van der Waals surface area contributed by atoms with Crippen LogP contribution in [0.4, 0.5) is 5.69 Å². The van der Waals surface area contributed by atoms with Gasteiger partial charge in [-0.25, -0.2) is 13.0 Å². The van der Waals surface area contributed by atoms with Crippen molar-refractivity contribution in [1.29, 1.82) is 0 Å². The van der Waals surface area contributed by atoms with Gasteiger partial charge in [0, 0.05) is 44.0 Å². The third-order valence-electron chi connectivity index (χ3n) is 4.75. The number of amides is 1. The summed E-state index contributed by atoms with van der Waals surface area (Å²) in [6.07, 6.45) is 0.471. The molecule has 1 aliphatic heterocycles. The third-order valence-corrected chi connectivity index (χ3v) is 5.36. The van der Waals surface area contributed by atoms with Gasteiger partial charge in [-0.3, -0.25) is 14.4 Å². The van der Waals surface area contributed by atoms with Crippen LogP contribution in [0.25, 0.3) is 0 Å². The highest BCUT2D eigenvalue weighted by molar-refractivity contribution is 7.92. The number of anilines is 1. The molecule has 5 N–H and O–H groups in total. The van der Waals surface area contributed by atoms with Gasteiger partial charge in [0.05, 0.1) is 6.26 Å². The normalized spacial score (nSPS) is 15.5. The summed E-state index contributed by atoms with van der Waals surface area (Å²) in [4.78, 5) is 38.1. The van der Waals surface area contributed by atoms with Crippen molar-refractivity contribution >= 4 is 29.4 Å². The molecule has 1 fully saturated rings. The van der Waals surface area contributed by atoms with Gasteiger partial charge in [-0.05, 0) is 36.4 Å². The van der Waals surface area contributed by atoms with Crippen LogP contribution in [0.5, 0.6) is 5.75 Å². The second kappa shape index (κ2) is 13.0. The summed E-state index contributed by atoms with van der Waals surface area (Å²) in [6.45, 7) is 3.17. The topological polar surface area (TPSA) is 177 Å². The molecule has 1 aliphatic rings. The van der Waals surface area contributed by atoms with Gasteiger partial charge in [0.15, 0.2) is 0 Å². The molecule has 1 heterocycles. The fourth-order valence-corrected chi connectivity index (χ4v) is 3.84. The lowest BCUT2D eigenvalue weighted by Gasteiger charge is -2.35. The lowest BCUT2D eigenvalue weighted by Crippen LogP contribution is -2.50. The summed E-state index contributed by atoms with van der Waals surface area (Å²) in [5, 5.41) is 10.2. The Balaban J connectivity index is 0.000000784. The van der Waals surface area contributed by atoms with Crippen molar-refractivity contribution in [2.24, 2.45) is 0 Å². The first-order valence-corrected chi connectivity index (χ1v) is 14.0. The summed E-state index contributed by atoms with van der Waals surface area (Å²) < 4.78 is 39.4. The molecular weight excluding hydrogens is 501 g/mol. The van der Waals surface area contributed by atoms with Gasteiger partial charge in [0.2, 0.25) is 10.0 Å². The summed E-state index contributed by atoms with van der Waals surface area (Å²) in [5.41, 5.74) is 0.935. The van der Waals surface area contributed by atoms with Crippen LogP contribution in [0.15, 0.2) is 54.6 Å². The highest BCUT2D eigenvalue weighted by Crippen LogP contribution is 2.25. The molecule has 0 bridgehead atoms. The van der Waals surface area contributed by atoms with Crippen molar-refractivity contribution in [2.75, 3.05) is 50.3 Å².